The molecule has 1 N–H and O–H groups in total. The summed E-state index contributed by atoms with van der Waals surface area (Å²) in [7, 11) is 0. The summed E-state index contributed by atoms with van der Waals surface area (Å²) in [6.07, 6.45) is 7.96. The molecule has 0 amide bonds. The molecule has 2 aliphatic heterocycles. The molecule has 4 heteroatoms. The van der Waals surface area contributed by atoms with Crippen LogP contribution in [0.4, 0.5) is 0 Å². The van der Waals surface area contributed by atoms with Crippen molar-refractivity contribution in [2.24, 2.45) is 16.8 Å². The van der Waals surface area contributed by atoms with Crippen LogP contribution in [-0.2, 0) is 4.74 Å². The van der Waals surface area contributed by atoms with Gasteiger partial charge < -0.3 is 10.1 Å². The number of fused-ring (bicyclic) bond motifs is 1. The highest BCUT2D eigenvalue weighted by Gasteiger charge is 2.30. The first-order valence-corrected chi connectivity index (χ1v) is 8.42. The summed E-state index contributed by atoms with van der Waals surface area (Å²) in [6, 6.07) is 0.716. The minimum Gasteiger partial charge on any atom is -0.381 e. The number of amidine groups is 1. The highest BCUT2D eigenvalue weighted by molar-refractivity contribution is 8.13. The molecule has 2 saturated heterocycles. The highest BCUT2D eigenvalue weighted by Crippen LogP contribution is 2.31. The molecule has 0 bridgehead atoms. The van der Waals surface area contributed by atoms with Crippen molar-refractivity contribution in [3.8, 4) is 0 Å². The SMILES string of the molecule is C1CCC2NC(=NCC3CCOCC3)SCC2C1. The summed E-state index contributed by atoms with van der Waals surface area (Å²) >= 11 is 1.95. The normalized spacial score (nSPS) is 36.1. The van der Waals surface area contributed by atoms with Gasteiger partial charge in [0.1, 0.15) is 0 Å². The third-order valence-corrected chi connectivity index (χ3v) is 5.60. The van der Waals surface area contributed by atoms with Crippen molar-refractivity contribution in [3.63, 3.8) is 0 Å². The zero-order chi connectivity index (χ0) is 12.2. The first-order valence-electron chi connectivity index (χ1n) is 7.43. The molecule has 0 aromatic carbocycles. The molecule has 3 rings (SSSR count). The molecule has 3 aliphatic rings. The Morgan fingerprint density at radius 1 is 1.17 bits per heavy atom. The summed E-state index contributed by atoms with van der Waals surface area (Å²) in [5.41, 5.74) is 0. The molecule has 1 saturated carbocycles. The molecule has 1 aliphatic carbocycles. The van der Waals surface area contributed by atoms with Gasteiger partial charge in [0, 0.05) is 31.6 Å². The fraction of sp³-hybridized carbons (Fsp3) is 0.929. The standard InChI is InChI=1S/C14H24N2OS/c1-2-4-13-12(3-1)10-18-14(16-13)15-9-11-5-7-17-8-6-11/h11-13H,1-10H2,(H,15,16). The maximum atomic E-state index is 5.39. The first kappa shape index (κ1) is 12.8. The van der Waals surface area contributed by atoms with Crippen LogP contribution in [0.5, 0.6) is 0 Å². The van der Waals surface area contributed by atoms with E-state index in [1.165, 1.54) is 49.4 Å². The molecule has 3 fully saturated rings. The van der Waals surface area contributed by atoms with Gasteiger partial charge in [-0.2, -0.15) is 0 Å². The second-order valence-electron chi connectivity index (χ2n) is 5.81. The lowest BCUT2D eigenvalue weighted by molar-refractivity contribution is 0.0689. The number of nitrogens with zero attached hydrogens (tertiary/aromatic N) is 1. The van der Waals surface area contributed by atoms with Gasteiger partial charge in [-0.3, -0.25) is 4.99 Å². The molecule has 18 heavy (non-hydrogen) atoms. The Kier molecular flexibility index (Phi) is 4.47. The Hall–Kier alpha value is -0.220. The quantitative estimate of drug-likeness (QED) is 0.836. The lowest BCUT2D eigenvalue weighted by atomic mass is 9.86. The number of hydrogen-bond donors (Lipinski definition) is 1. The van der Waals surface area contributed by atoms with Crippen LogP contribution in [0.3, 0.4) is 0 Å². The van der Waals surface area contributed by atoms with E-state index in [1.54, 1.807) is 0 Å². The van der Waals surface area contributed by atoms with Gasteiger partial charge in [0.05, 0.1) is 0 Å². The van der Waals surface area contributed by atoms with Crippen molar-refractivity contribution in [2.75, 3.05) is 25.5 Å². The van der Waals surface area contributed by atoms with E-state index in [0.717, 1.165) is 31.6 Å². The minimum atomic E-state index is 0.716. The van der Waals surface area contributed by atoms with E-state index in [9.17, 15) is 0 Å². The Bertz CT molecular complexity index is 302. The van der Waals surface area contributed by atoms with Gasteiger partial charge in [0.25, 0.3) is 0 Å². The molecule has 3 nitrogen and oxygen atoms in total. The predicted molar refractivity (Wildman–Crippen MR) is 77.2 cm³/mol. The predicted octanol–water partition coefficient (Wildman–Crippen LogP) is 2.66. The third kappa shape index (κ3) is 3.21. The van der Waals surface area contributed by atoms with E-state index < -0.39 is 0 Å². The summed E-state index contributed by atoms with van der Waals surface area (Å²) in [6.45, 7) is 2.86. The van der Waals surface area contributed by atoms with Crippen LogP contribution in [0.25, 0.3) is 0 Å². The van der Waals surface area contributed by atoms with Crippen LogP contribution in [-0.4, -0.2) is 36.7 Å². The summed E-state index contributed by atoms with van der Waals surface area (Å²) in [5, 5.41) is 4.89. The molecule has 102 valence electrons. The van der Waals surface area contributed by atoms with Crippen molar-refractivity contribution in [1.29, 1.82) is 0 Å². The van der Waals surface area contributed by atoms with Crippen molar-refractivity contribution >= 4 is 16.9 Å². The fourth-order valence-corrected chi connectivity index (χ4v) is 4.39. The third-order valence-electron chi connectivity index (χ3n) is 4.49. The Morgan fingerprint density at radius 3 is 2.89 bits per heavy atom. The van der Waals surface area contributed by atoms with Gasteiger partial charge in [0.2, 0.25) is 0 Å². The van der Waals surface area contributed by atoms with Crippen molar-refractivity contribution in [2.45, 2.75) is 44.6 Å². The van der Waals surface area contributed by atoms with Crippen molar-refractivity contribution in [3.05, 3.63) is 0 Å². The summed E-state index contributed by atoms with van der Waals surface area (Å²) in [5.74, 6) is 2.92. The van der Waals surface area contributed by atoms with E-state index in [4.69, 9.17) is 9.73 Å². The number of aliphatic imine (C=N–C) groups is 1. The first-order chi connectivity index (χ1) is 8.92. The van der Waals surface area contributed by atoms with Gasteiger partial charge in [-0.1, -0.05) is 24.6 Å². The molecule has 0 aromatic rings. The van der Waals surface area contributed by atoms with Crippen LogP contribution < -0.4 is 5.32 Å². The van der Waals surface area contributed by atoms with Crippen LogP contribution in [0, 0.1) is 11.8 Å². The molecule has 2 unspecified atom stereocenters. The van der Waals surface area contributed by atoms with Gasteiger partial charge in [-0.15, -0.1) is 0 Å². The summed E-state index contributed by atoms with van der Waals surface area (Å²) < 4.78 is 5.39. The number of hydrogen-bond acceptors (Lipinski definition) is 3. The highest BCUT2D eigenvalue weighted by atomic mass is 32.2. The molecule has 0 spiro atoms. The van der Waals surface area contributed by atoms with E-state index in [2.05, 4.69) is 5.32 Å². The lowest BCUT2D eigenvalue weighted by Gasteiger charge is -2.37. The lowest BCUT2D eigenvalue weighted by Crippen LogP contribution is -2.46. The van der Waals surface area contributed by atoms with Gasteiger partial charge in [0.15, 0.2) is 5.17 Å². The van der Waals surface area contributed by atoms with Gasteiger partial charge >= 0.3 is 0 Å². The molecule has 2 atom stereocenters. The zero-order valence-electron chi connectivity index (χ0n) is 11.1. The minimum absolute atomic E-state index is 0.716. The van der Waals surface area contributed by atoms with E-state index in [1.807, 2.05) is 11.8 Å². The average molecular weight is 268 g/mol. The number of ether oxygens (including phenoxy) is 1. The average Bonchev–Trinajstić information content (AvgIpc) is 2.46. The van der Waals surface area contributed by atoms with Crippen LogP contribution >= 0.6 is 11.8 Å². The second kappa shape index (κ2) is 6.29. The van der Waals surface area contributed by atoms with Crippen LogP contribution in [0.15, 0.2) is 4.99 Å². The van der Waals surface area contributed by atoms with Gasteiger partial charge in [-0.05, 0) is 37.5 Å². The smallest absolute Gasteiger partial charge is 0.156 e. The molecule has 0 aromatic heterocycles. The van der Waals surface area contributed by atoms with Crippen molar-refractivity contribution in [1.82, 2.24) is 5.32 Å². The van der Waals surface area contributed by atoms with Crippen LogP contribution in [0.2, 0.25) is 0 Å². The van der Waals surface area contributed by atoms with E-state index in [-0.39, 0.29) is 0 Å². The van der Waals surface area contributed by atoms with E-state index in [0.29, 0.717) is 6.04 Å². The fourth-order valence-electron chi connectivity index (χ4n) is 3.22. The number of thioether (sulfide) groups is 1. The number of nitrogens with one attached hydrogen (secondary N) is 1. The number of rotatable bonds is 2. The molecule has 0 radical (unpaired) electrons. The van der Waals surface area contributed by atoms with Crippen molar-refractivity contribution < 1.29 is 4.74 Å². The maximum absolute atomic E-state index is 5.39. The summed E-state index contributed by atoms with van der Waals surface area (Å²) in [4.78, 5) is 4.81. The Morgan fingerprint density at radius 2 is 2.00 bits per heavy atom. The van der Waals surface area contributed by atoms with E-state index >= 15 is 0 Å². The Balaban J connectivity index is 1.50. The topological polar surface area (TPSA) is 33.6 Å². The molecular formula is C14H24N2OS. The monoisotopic (exact) mass is 268 g/mol. The zero-order valence-corrected chi connectivity index (χ0v) is 11.9. The van der Waals surface area contributed by atoms with Crippen LogP contribution in [0.1, 0.15) is 38.5 Å². The van der Waals surface area contributed by atoms with Gasteiger partial charge in [-0.25, -0.2) is 0 Å². The largest absolute Gasteiger partial charge is 0.381 e. The second-order valence-corrected chi connectivity index (χ2v) is 6.82. The molecule has 2 heterocycles. The Labute approximate surface area is 114 Å². The molecular weight excluding hydrogens is 244 g/mol. The maximum Gasteiger partial charge on any atom is 0.156 e.